The van der Waals surface area contributed by atoms with E-state index in [1.54, 1.807) is 18.5 Å². The lowest BCUT2D eigenvalue weighted by Gasteiger charge is -2.34. The van der Waals surface area contributed by atoms with E-state index in [-0.39, 0.29) is 11.7 Å². The number of aromatic hydroxyl groups is 1. The summed E-state index contributed by atoms with van der Waals surface area (Å²) in [4.78, 5) is 34.8. The quantitative estimate of drug-likeness (QED) is 0.168. The first-order chi connectivity index (χ1) is 22.7. The molecule has 1 saturated heterocycles. The summed E-state index contributed by atoms with van der Waals surface area (Å²) in [6.07, 6.45) is 7.78. The van der Waals surface area contributed by atoms with Crippen LogP contribution in [0.4, 0.5) is 17.5 Å². The summed E-state index contributed by atoms with van der Waals surface area (Å²) in [6.45, 7) is 10.9. The van der Waals surface area contributed by atoms with Gasteiger partial charge in [-0.25, -0.2) is 19.9 Å². The van der Waals surface area contributed by atoms with Gasteiger partial charge in [0.05, 0.1) is 5.92 Å². The average molecular weight is 638 g/mol. The third kappa shape index (κ3) is 7.75. The minimum absolute atomic E-state index is 0.151. The minimum atomic E-state index is -0.601. The predicted molar refractivity (Wildman–Crippen MR) is 186 cm³/mol. The van der Waals surface area contributed by atoms with Crippen molar-refractivity contribution in [2.75, 3.05) is 41.7 Å². The second-order valence-corrected chi connectivity index (χ2v) is 13.7. The molecule has 10 heteroatoms. The maximum Gasteiger partial charge on any atom is 0.311 e. The first-order valence-electron chi connectivity index (χ1n) is 17.1. The number of rotatable bonds is 10. The molecule has 0 unspecified atom stereocenters. The van der Waals surface area contributed by atoms with Gasteiger partial charge in [-0.05, 0) is 89.5 Å². The number of pyridine rings is 2. The highest BCUT2D eigenvalue weighted by molar-refractivity contribution is 5.84. The van der Waals surface area contributed by atoms with Gasteiger partial charge in [-0.15, -0.1) is 0 Å². The molecule has 248 valence electrons. The SMILES string of the molecule is CCc1c(NC[C@H](CCc2ccc3cccc(O)c3n2)C(=O)OC(C)(C)C)ncnc1N1CCC(c2ccc3c(n2)NCCC3)CC1. The van der Waals surface area contributed by atoms with Gasteiger partial charge in [-0.2, -0.15) is 0 Å². The number of esters is 1. The van der Waals surface area contributed by atoms with Gasteiger partial charge >= 0.3 is 5.97 Å². The number of phenols is 1. The topological polar surface area (TPSA) is 125 Å². The van der Waals surface area contributed by atoms with Crippen LogP contribution in [0, 0.1) is 5.92 Å². The number of hydrogen-bond donors (Lipinski definition) is 3. The number of benzene rings is 1. The number of piperidine rings is 1. The molecule has 2 aliphatic heterocycles. The Balaban J connectivity index is 1.13. The number of carbonyl (C=O) groups excluding carboxylic acids is 1. The molecule has 2 aliphatic rings. The second kappa shape index (κ2) is 14.1. The van der Waals surface area contributed by atoms with E-state index < -0.39 is 11.5 Å². The number of phenolic OH excluding ortho intramolecular Hbond substituents is 1. The van der Waals surface area contributed by atoms with E-state index in [0.29, 0.717) is 30.8 Å². The van der Waals surface area contributed by atoms with Gasteiger partial charge in [-0.3, -0.25) is 4.79 Å². The van der Waals surface area contributed by atoms with E-state index in [1.807, 2.05) is 39.0 Å². The number of para-hydroxylation sites is 1. The zero-order chi connectivity index (χ0) is 33.0. The molecule has 6 rings (SSSR count). The Morgan fingerprint density at radius 2 is 1.94 bits per heavy atom. The fourth-order valence-electron chi connectivity index (χ4n) is 6.65. The smallest absolute Gasteiger partial charge is 0.311 e. The number of anilines is 3. The van der Waals surface area contributed by atoms with Crippen LogP contribution in [0.2, 0.25) is 0 Å². The Bertz CT molecular complexity index is 1710. The van der Waals surface area contributed by atoms with Crippen LogP contribution in [0.3, 0.4) is 0 Å². The van der Waals surface area contributed by atoms with Crippen LogP contribution in [0.15, 0.2) is 48.8 Å². The minimum Gasteiger partial charge on any atom is -0.506 e. The summed E-state index contributed by atoms with van der Waals surface area (Å²) in [7, 11) is 0. The van der Waals surface area contributed by atoms with E-state index in [2.05, 4.69) is 44.6 Å². The fourth-order valence-corrected chi connectivity index (χ4v) is 6.65. The molecule has 0 bridgehead atoms. The lowest BCUT2D eigenvalue weighted by Crippen LogP contribution is -2.35. The number of hydrogen-bond acceptors (Lipinski definition) is 10. The number of fused-ring (bicyclic) bond motifs is 2. The van der Waals surface area contributed by atoms with Crippen LogP contribution >= 0.6 is 0 Å². The Morgan fingerprint density at radius 3 is 2.72 bits per heavy atom. The third-order valence-electron chi connectivity index (χ3n) is 9.17. The van der Waals surface area contributed by atoms with Crippen molar-refractivity contribution in [1.82, 2.24) is 19.9 Å². The maximum absolute atomic E-state index is 13.4. The second-order valence-electron chi connectivity index (χ2n) is 13.7. The summed E-state index contributed by atoms with van der Waals surface area (Å²) in [5, 5.41) is 18.1. The van der Waals surface area contributed by atoms with E-state index in [0.717, 1.165) is 79.4 Å². The lowest BCUT2D eigenvalue weighted by atomic mass is 9.92. The van der Waals surface area contributed by atoms with Crippen molar-refractivity contribution >= 4 is 34.3 Å². The largest absolute Gasteiger partial charge is 0.506 e. The van der Waals surface area contributed by atoms with E-state index in [9.17, 15) is 9.90 Å². The number of nitrogens with one attached hydrogen (secondary N) is 2. The highest BCUT2D eigenvalue weighted by Gasteiger charge is 2.28. The standard InChI is InChI=1S/C37H47N7O3/c1-5-29-34(40-23-41-35(29)44-20-17-24(18-21-44)30-16-13-26-9-7-19-38-33(26)43-30)39-22-27(36(46)47-37(2,3)4)12-15-28-14-11-25-8-6-10-31(45)32(25)42-28/h6,8,10-11,13-14,16,23-24,27,45H,5,7,9,12,15,17-22H2,1-4H3,(H,38,43)(H,39,40,41)/t27-/m0/s1. The average Bonchev–Trinajstić information content (AvgIpc) is 3.07. The maximum atomic E-state index is 13.4. The summed E-state index contributed by atoms with van der Waals surface area (Å²) in [6, 6.07) is 13.7. The van der Waals surface area contributed by atoms with Gasteiger partial charge in [0.15, 0.2) is 0 Å². The Morgan fingerprint density at radius 1 is 1.11 bits per heavy atom. The first-order valence-corrected chi connectivity index (χ1v) is 17.1. The summed E-state index contributed by atoms with van der Waals surface area (Å²) >= 11 is 0. The third-order valence-corrected chi connectivity index (χ3v) is 9.17. The number of carbonyl (C=O) groups is 1. The molecule has 47 heavy (non-hydrogen) atoms. The lowest BCUT2D eigenvalue weighted by molar-refractivity contribution is -0.159. The van der Waals surface area contributed by atoms with Gasteiger partial charge in [0.25, 0.3) is 0 Å². The van der Waals surface area contributed by atoms with Crippen LogP contribution in [0.25, 0.3) is 10.9 Å². The molecule has 0 spiro atoms. The van der Waals surface area contributed by atoms with E-state index in [4.69, 9.17) is 14.7 Å². The van der Waals surface area contributed by atoms with Crippen LogP contribution < -0.4 is 15.5 Å². The highest BCUT2D eigenvalue weighted by Crippen LogP contribution is 2.34. The Kier molecular flexibility index (Phi) is 9.75. The van der Waals surface area contributed by atoms with Crippen molar-refractivity contribution in [2.24, 2.45) is 5.92 Å². The molecule has 10 nitrogen and oxygen atoms in total. The molecule has 1 aromatic carbocycles. The Hall–Kier alpha value is -4.47. The van der Waals surface area contributed by atoms with Gasteiger partial charge in [0.2, 0.25) is 0 Å². The van der Waals surface area contributed by atoms with Crippen molar-refractivity contribution < 1.29 is 14.6 Å². The summed E-state index contributed by atoms with van der Waals surface area (Å²) in [5.74, 6) is 2.68. The molecule has 4 aromatic rings. The van der Waals surface area contributed by atoms with Crippen molar-refractivity contribution in [3.63, 3.8) is 0 Å². The molecule has 0 aliphatic carbocycles. The van der Waals surface area contributed by atoms with Crippen LogP contribution in [0.5, 0.6) is 5.75 Å². The van der Waals surface area contributed by atoms with Crippen molar-refractivity contribution in [1.29, 1.82) is 0 Å². The molecule has 1 atom stereocenters. The van der Waals surface area contributed by atoms with E-state index >= 15 is 0 Å². The predicted octanol–water partition coefficient (Wildman–Crippen LogP) is 6.43. The molecule has 3 N–H and O–H groups in total. The number of aromatic nitrogens is 4. The molecule has 0 radical (unpaired) electrons. The van der Waals surface area contributed by atoms with Crippen molar-refractivity contribution in [3.8, 4) is 5.75 Å². The van der Waals surface area contributed by atoms with Gasteiger partial charge in [0.1, 0.15) is 40.6 Å². The highest BCUT2D eigenvalue weighted by atomic mass is 16.6. The number of nitrogens with zero attached hydrogens (tertiary/aromatic N) is 5. The summed E-state index contributed by atoms with van der Waals surface area (Å²) < 4.78 is 5.83. The van der Waals surface area contributed by atoms with Gasteiger partial charge in [0, 0.05) is 54.4 Å². The van der Waals surface area contributed by atoms with Crippen LogP contribution in [-0.4, -0.2) is 62.8 Å². The number of ether oxygens (including phenoxy) is 1. The number of aryl methyl sites for hydroxylation is 2. The summed E-state index contributed by atoms with van der Waals surface area (Å²) in [5.41, 5.74) is 4.34. The molecule has 3 aromatic heterocycles. The normalized spacial score (nSPS) is 16.0. The van der Waals surface area contributed by atoms with Gasteiger partial charge < -0.3 is 25.4 Å². The van der Waals surface area contributed by atoms with E-state index in [1.165, 1.54) is 17.7 Å². The van der Waals surface area contributed by atoms with Gasteiger partial charge in [-0.1, -0.05) is 31.2 Å². The van der Waals surface area contributed by atoms with Crippen molar-refractivity contribution in [3.05, 3.63) is 71.3 Å². The molecule has 0 saturated carbocycles. The monoisotopic (exact) mass is 637 g/mol. The fraction of sp³-hybridized carbons (Fsp3) is 0.486. The van der Waals surface area contributed by atoms with Crippen LogP contribution in [0.1, 0.15) is 81.8 Å². The zero-order valence-corrected chi connectivity index (χ0v) is 28.1. The Labute approximate surface area is 277 Å². The molecular formula is C37H47N7O3. The first kappa shape index (κ1) is 32.5. The molecular weight excluding hydrogens is 590 g/mol. The van der Waals surface area contributed by atoms with Crippen LogP contribution in [-0.2, 0) is 28.8 Å². The molecule has 5 heterocycles. The molecule has 0 amide bonds. The molecule has 1 fully saturated rings. The zero-order valence-electron chi connectivity index (χ0n) is 28.1. The van der Waals surface area contributed by atoms with Crippen molar-refractivity contribution in [2.45, 2.75) is 84.2 Å².